The molecule has 0 spiro atoms. The smallest absolute Gasteiger partial charge is 0.225 e. The Hall–Kier alpha value is -1.42. The van der Waals surface area contributed by atoms with E-state index >= 15 is 0 Å². The van der Waals surface area contributed by atoms with Gasteiger partial charge in [-0.05, 0) is 61.5 Å². The first-order valence-electron chi connectivity index (χ1n) is 9.56. The van der Waals surface area contributed by atoms with Crippen LogP contribution in [0.15, 0.2) is 24.5 Å². The van der Waals surface area contributed by atoms with E-state index in [4.69, 9.17) is 4.74 Å². The van der Waals surface area contributed by atoms with E-state index in [1.165, 1.54) is 24.8 Å². The van der Waals surface area contributed by atoms with Crippen molar-refractivity contribution in [1.82, 2.24) is 9.88 Å². The van der Waals surface area contributed by atoms with E-state index in [-0.39, 0.29) is 5.92 Å². The summed E-state index contributed by atoms with van der Waals surface area (Å²) in [7, 11) is 0. The van der Waals surface area contributed by atoms with E-state index in [1.807, 2.05) is 18.5 Å². The molecule has 1 aliphatic carbocycles. The fourth-order valence-electron chi connectivity index (χ4n) is 5.05. The van der Waals surface area contributed by atoms with Gasteiger partial charge in [0.05, 0.1) is 0 Å². The predicted octanol–water partition coefficient (Wildman–Crippen LogP) is 2.93. The summed E-state index contributed by atoms with van der Waals surface area (Å²) in [6.07, 6.45) is 10.7. The van der Waals surface area contributed by atoms with Gasteiger partial charge in [0.25, 0.3) is 0 Å². The zero-order valence-electron chi connectivity index (χ0n) is 14.4. The van der Waals surface area contributed by atoms with Gasteiger partial charge in [0.15, 0.2) is 0 Å². The van der Waals surface area contributed by atoms with Gasteiger partial charge in [0.1, 0.15) is 0 Å². The first-order valence-corrected chi connectivity index (χ1v) is 9.56. The maximum Gasteiger partial charge on any atom is 0.225 e. The average Bonchev–Trinajstić information content (AvgIpc) is 3.08. The molecule has 0 N–H and O–H groups in total. The second-order valence-corrected chi connectivity index (χ2v) is 7.81. The van der Waals surface area contributed by atoms with Gasteiger partial charge < -0.3 is 9.64 Å². The molecule has 3 aliphatic rings. The highest BCUT2D eigenvalue weighted by Gasteiger charge is 2.42. The van der Waals surface area contributed by atoms with Gasteiger partial charge in [-0.15, -0.1) is 0 Å². The molecule has 2 aliphatic heterocycles. The van der Waals surface area contributed by atoms with Crippen LogP contribution in [0.5, 0.6) is 0 Å². The molecule has 130 valence electrons. The number of fused-ring (bicyclic) bond motifs is 1. The maximum atomic E-state index is 12.9. The predicted molar refractivity (Wildman–Crippen MR) is 92.4 cm³/mol. The number of nitrogens with zero attached hydrogens (tertiary/aromatic N) is 2. The van der Waals surface area contributed by atoms with E-state index in [9.17, 15) is 4.79 Å². The summed E-state index contributed by atoms with van der Waals surface area (Å²) >= 11 is 0. The van der Waals surface area contributed by atoms with Crippen LogP contribution >= 0.6 is 0 Å². The number of ether oxygens (including phenoxy) is 1. The summed E-state index contributed by atoms with van der Waals surface area (Å²) in [5, 5.41) is 0. The Morgan fingerprint density at radius 1 is 1.21 bits per heavy atom. The molecule has 0 unspecified atom stereocenters. The second-order valence-electron chi connectivity index (χ2n) is 7.81. The molecule has 4 rings (SSSR count). The summed E-state index contributed by atoms with van der Waals surface area (Å²) < 4.78 is 5.41. The fraction of sp³-hybridized carbons (Fsp3) is 0.700. The molecule has 0 bridgehead atoms. The van der Waals surface area contributed by atoms with Crippen molar-refractivity contribution >= 4 is 5.91 Å². The second kappa shape index (κ2) is 7.22. The number of rotatable bonds is 3. The summed E-state index contributed by atoms with van der Waals surface area (Å²) in [6, 6.07) is 4.22. The molecule has 4 nitrogen and oxygen atoms in total. The zero-order valence-corrected chi connectivity index (χ0v) is 14.4. The van der Waals surface area contributed by atoms with Crippen LogP contribution in [0.1, 0.15) is 37.7 Å². The molecule has 3 atom stereocenters. The molecular weight excluding hydrogens is 300 g/mol. The third kappa shape index (κ3) is 3.34. The van der Waals surface area contributed by atoms with Crippen LogP contribution < -0.4 is 0 Å². The highest BCUT2D eigenvalue weighted by atomic mass is 16.5. The van der Waals surface area contributed by atoms with Crippen LogP contribution in [0.2, 0.25) is 0 Å². The van der Waals surface area contributed by atoms with Gasteiger partial charge in [0, 0.05) is 44.6 Å². The van der Waals surface area contributed by atoms with Crippen LogP contribution in [0, 0.1) is 23.7 Å². The van der Waals surface area contributed by atoms with Gasteiger partial charge >= 0.3 is 0 Å². The Labute approximate surface area is 144 Å². The molecule has 1 aromatic rings. The summed E-state index contributed by atoms with van der Waals surface area (Å²) in [5.41, 5.74) is 1.34. The topological polar surface area (TPSA) is 42.4 Å². The van der Waals surface area contributed by atoms with Crippen molar-refractivity contribution in [1.29, 1.82) is 0 Å². The minimum Gasteiger partial charge on any atom is -0.381 e. The highest BCUT2D eigenvalue weighted by molar-refractivity contribution is 5.79. The van der Waals surface area contributed by atoms with Crippen LogP contribution in [0.3, 0.4) is 0 Å². The Morgan fingerprint density at radius 3 is 2.88 bits per heavy atom. The molecule has 0 aromatic carbocycles. The Balaban J connectivity index is 1.41. The van der Waals surface area contributed by atoms with E-state index in [0.717, 1.165) is 45.6 Å². The third-order valence-electron chi connectivity index (χ3n) is 6.35. The fourth-order valence-corrected chi connectivity index (χ4v) is 5.05. The zero-order chi connectivity index (χ0) is 16.4. The van der Waals surface area contributed by atoms with Gasteiger partial charge in [-0.1, -0.05) is 12.5 Å². The lowest BCUT2D eigenvalue weighted by atomic mass is 9.72. The van der Waals surface area contributed by atoms with Crippen LogP contribution in [0.4, 0.5) is 0 Å². The summed E-state index contributed by atoms with van der Waals surface area (Å²) in [4.78, 5) is 19.3. The molecule has 4 heteroatoms. The first-order chi connectivity index (χ1) is 11.8. The Morgan fingerprint density at radius 2 is 2.08 bits per heavy atom. The first kappa shape index (κ1) is 16.1. The maximum absolute atomic E-state index is 12.9. The Bertz CT molecular complexity index is 556. The standard InChI is InChI=1S/C20H28N2O2/c23-20(16-6-9-24-10-7-16)22-13-18-5-1-4-17(19(18)14-22)11-15-3-2-8-21-12-15/h2-3,8,12,16-19H,1,4-7,9-11,13-14H2/t17-,18-,19-/m1/s1. The summed E-state index contributed by atoms with van der Waals surface area (Å²) in [6.45, 7) is 3.47. The molecule has 1 saturated carbocycles. The van der Waals surface area contributed by atoms with E-state index < -0.39 is 0 Å². The number of pyridine rings is 1. The molecule has 3 heterocycles. The molecule has 2 saturated heterocycles. The van der Waals surface area contributed by atoms with Crippen molar-refractivity contribution in [3.63, 3.8) is 0 Å². The molecule has 0 radical (unpaired) electrons. The minimum atomic E-state index is 0.204. The number of hydrogen-bond acceptors (Lipinski definition) is 3. The van der Waals surface area contributed by atoms with Crippen molar-refractivity contribution in [3.8, 4) is 0 Å². The quantitative estimate of drug-likeness (QED) is 0.857. The van der Waals surface area contributed by atoms with Gasteiger partial charge in [0.2, 0.25) is 5.91 Å². The van der Waals surface area contributed by atoms with Crippen molar-refractivity contribution in [2.24, 2.45) is 23.7 Å². The molecule has 3 fully saturated rings. The number of hydrogen-bond donors (Lipinski definition) is 0. The van der Waals surface area contributed by atoms with E-state index in [0.29, 0.717) is 23.7 Å². The number of amides is 1. The number of carbonyl (C=O) groups excluding carboxylic acids is 1. The molecule has 1 amide bonds. The largest absolute Gasteiger partial charge is 0.381 e. The normalized spacial score (nSPS) is 31.0. The lowest BCUT2D eigenvalue weighted by molar-refractivity contribution is -0.137. The van der Waals surface area contributed by atoms with Crippen molar-refractivity contribution in [2.45, 2.75) is 38.5 Å². The molecule has 1 aromatic heterocycles. The van der Waals surface area contributed by atoms with Crippen molar-refractivity contribution in [2.75, 3.05) is 26.3 Å². The lowest BCUT2D eigenvalue weighted by Gasteiger charge is -2.32. The molecular formula is C20H28N2O2. The monoisotopic (exact) mass is 328 g/mol. The van der Waals surface area contributed by atoms with Gasteiger partial charge in [-0.3, -0.25) is 9.78 Å². The SMILES string of the molecule is O=C(C1CCOCC1)N1C[C@H]2CCC[C@H](Cc3cccnc3)[C@H]2C1. The minimum absolute atomic E-state index is 0.204. The average molecular weight is 328 g/mol. The third-order valence-corrected chi connectivity index (χ3v) is 6.35. The number of carbonyl (C=O) groups is 1. The highest BCUT2D eigenvalue weighted by Crippen LogP contribution is 2.42. The van der Waals surface area contributed by atoms with Gasteiger partial charge in [-0.2, -0.15) is 0 Å². The summed E-state index contributed by atoms with van der Waals surface area (Å²) in [5.74, 6) is 2.70. The van der Waals surface area contributed by atoms with Crippen LogP contribution in [0.25, 0.3) is 0 Å². The lowest BCUT2D eigenvalue weighted by Crippen LogP contribution is -2.37. The number of likely N-dealkylation sites (tertiary alicyclic amines) is 1. The Kier molecular flexibility index (Phi) is 4.83. The van der Waals surface area contributed by atoms with Crippen molar-refractivity contribution in [3.05, 3.63) is 30.1 Å². The van der Waals surface area contributed by atoms with Crippen LogP contribution in [-0.4, -0.2) is 42.1 Å². The van der Waals surface area contributed by atoms with Crippen LogP contribution in [-0.2, 0) is 16.0 Å². The molecule has 24 heavy (non-hydrogen) atoms. The van der Waals surface area contributed by atoms with Gasteiger partial charge in [-0.25, -0.2) is 0 Å². The van der Waals surface area contributed by atoms with E-state index in [1.54, 1.807) is 0 Å². The van der Waals surface area contributed by atoms with Crippen molar-refractivity contribution < 1.29 is 9.53 Å². The van der Waals surface area contributed by atoms with E-state index in [2.05, 4.69) is 16.0 Å². The number of aromatic nitrogens is 1.